The summed E-state index contributed by atoms with van der Waals surface area (Å²) in [5.74, 6) is 0. The van der Waals surface area contributed by atoms with Gasteiger partial charge in [0.1, 0.15) is 0 Å². The molecule has 0 atom stereocenters. The summed E-state index contributed by atoms with van der Waals surface area (Å²) in [4.78, 5) is 4.59. The number of aromatic nitrogens is 2. The van der Waals surface area contributed by atoms with Crippen molar-refractivity contribution in [3.8, 4) is 33.6 Å². The molecule has 0 saturated heterocycles. The molecule has 3 heteroatoms. The van der Waals surface area contributed by atoms with E-state index < -0.39 is 0 Å². The number of fused-ring (bicyclic) bond motifs is 3. The van der Waals surface area contributed by atoms with Crippen molar-refractivity contribution in [2.75, 3.05) is 0 Å². The van der Waals surface area contributed by atoms with E-state index in [0.29, 0.717) is 0 Å². The summed E-state index contributed by atoms with van der Waals surface area (Å²) >= 11 is 0. The number of hydrogen-bond acceptors (Lipinski definition) is 1. The second-order valence-electron chi connectivity index (χ2n) is 13.5. The molecule has 2 aromatic heterocycles. The monoisotopic (exact) mass is 605 g/mol. The van der Waals surface area contributed by atoms with Crippen LogP contribution in [0.15, 0.2) is 103 Å². The van der Waals surface area contributed by atoms with E-state index in [4.69, 9.17) is 7.85 Å². The van der Waals surface area contributed by atoms with E-state index in [1.165, 1.54) is 68.6 Å². The first-order valence-electron chi connectivity index (χ1n) is 17.2. The molecule has 46 heavy (non-hydrogen) atoms. The smallest absolute Gasteiger partial charge is 0.213 e. The molecule has 1 fully saturated rings. The largest absolute Gasteiger partial charge is 0.256 e. The van der Waals surface area contributed by atoms with Crippen LogP contribution < -0.4 is 4.57 Å². The Kier molecular flexibility index (Phi) is 10.3. The van der Waals surface area contributed by atoms with Gasteiger partial charge in [0.15, 0.2) is 12.7 Å². The van der Waals surface area contributed by atoms with Crippen LogP contribution in [0.3, 0.4) is 0 Å². The Balaban J connectivity index is 0.000000179. The molecule has 0 bridgehead atoms. The fourth-order valence-electron chi connectivity index (χ4n) is 6.72. The van der Waals surface area contributed by atoms with E-state index in [-0.39, 0.29) is 10.7 Å². The predicted molar refractivity (Wildman–Crippen MR) is 196 cm³/mol. The molecular formula is C43H50BN2+. The number of aryl methyl sites for hydroxylation is 2. The quantitative estimate of drug-likeness (QED) is 0.141. The summed E-state index contributed by atoms with van der Waals surface area (Å²) in [5.41, 5.74) is 14.3. The molecule has 3 heterocycles. The molecule has 0 unspecified atom stereocenters. The van der Waals surface area contributed by atoms with Crippen molar-refractivity contribution in [1.82, 2.24) is 4.98 Å². The van der Waals surface area contributed by atoms with Gasteiger partial charge in [-0.15, -0.1) is 0 Å². The van der Waals surface area contributed by atoms with Crippen molar-refractivity contribution in [3.63, 3.8) is 0 Å². The van der Waals surface area contributed by atoms with Crippen LogP contribution in [0.5, 0.6) is 0 Å². The van der Waals surface area contributed by atoms with Gasteiger partial charge in [0.25, 0.3) is 0 Å². The zero-order valence-electron chi connectivity index (χ0n) is 29.0. The lowest BCUT2D eigenvalue weighted by molar-refractivity contribution is -0.672. The fourth-order valence-corrected chi connectivity index (χ4v) is 6.72. The van der Waals surface area contributed by atoms with Gasteiger partial charge in [0.05, 0.1) is 19.1 Å². The minimum absolute atomic E-state index is 0.106. The highest BCUT2D eigenvalue weighted by Gasteiger charge is 2.30. The Labute approximate surface area is 279 Å². The summed E-state index contributed by atoms with van der Waals surface area (Å²) in [6, 6.07) is 33.1. The van der Waals surface area contributed by atoms with E-state index in [1.54, 1.807) is 0 Å². The maximum atomic E-state index is 6.59. The second kappa shape index (κ2) is 14.2. The van der Waals surface area contributed by atoms with Gasteiger partial charge < -0.3 is 0 Å². The topological polar surface area (TPSA) is 16.8 Å². The van der Waals surface area contributed by atoms with Gasteiger partial charge in [-0.2, -0.15) is 4.57 Å². The van der Waals surface area contributed by atoms with E-state index in [1.807, 2.05) is 20.0 Å². The van der Waals surface area contributed by atoms with Crippen molar-refractivity contribution < 1.29 is 4.57 Å². The third-order valence-corrected chi connectivity index (χ3v) is 9.93. The average molecular weight is 606 g/mol. The highest BCUT2D eigenvalue weighted by atomic mass is 15.0. The van der Waals surface area contributed by atoms with Gasteiger partial charge in [-0.05, 0) is 65.4 Å². The van der Waals surface area contributed by atoms with E-state index in [2.05, 4.69) is 141 Å². The van der Waals surface area contributed by atoms with Crippen LogP contribution in [0.2, 0.25) is 0 Å². The molecule has 0 spiro atoms. The maximum Gasteiger partial charge on any atom is 0.213 e. The van der Waals surface area contributed by atoms with Gasteiger partial charge in [-0.1, -0.05) is 138 Å². The Hall–Kier alpha value is -3.98. The molecule has 0 amide bonds. The van der Waals surface area contributed by atoms with E-state index in [0.717, 1.165) is 31.5 Å². The standard InChI is InChI=1S/C23H21BN.C18H23N.C2H6/c24-23(12-3-4-13-23)20-9-7-17(8-10-20)18-11-14-25-16-19-5-1-2-6-21(19)22(25)15-18;1-6-18(4,5)16-11-13(2)7-9-15(16)17-10-8-14(3)12-19-17;1-2/h1-2,5-11,14-15H,3-4,12-13,16H2;7-12H,6H2,1-5H3;1-2H3/q+1;;. The van der Waals surface area contributed by atoms with Crippen LogP contribution in [0.25, 0.3) is 33.6 Å². The number of rotatable bonds is 5. The van der Waals surface area contributed by atoms with Crippen molar-refractivity contribution in [1.29, 1.82) is 0 Å². The zero-order chi connectivity index (χ0) is 32.9. The Morgan fingerprint density at radius 3 is 2.15 bits per heavy atom. The summed E-state index contributed by atoms with van der Waals surface area (Å²) in [7, 11) is 6.59. The lowest BCUT2D eigenvalue weighted by atomic mass is 9.63. The molecule has 234 valence electrons. The first kappa shape index (κ1) is 33.4. The van der Waals surface area contributed by atoms with Crippen LogP contribution in [0.4, 0.5) is 0 Å². The highest BCUT2D eigenvalue weighted by Crippen LogP contribution is 2.39. The van der Waals surface area contributed by atoms with Crippen LogP contribution in [-0.2, 0) is 17.3 Å². The fraction of sp³-hybridized carbons (Fsp3) is 0.349. The van der Waals surface area contributed by atoms with Gasteiger partial charge in [0, 0.05) is 29.5 Å². The van der Waals surface area contributed by atoms with Crippen molar-refractivity contribution in [3.05, 3.63) is 131 Å². The van der Waals surface area contributed by atoms with Crippen LogP contribution >= 0.6 is 0 Å². The summed E-state index contributed by atoms with van der Waals surface area (Å²) in [6.07, 6.45) is 9.99. The molecular weight excluding hydrogens is 555 g/mol. The maximum absolute atomic E-state index is 6.59. The number of hydrogen-bond donors (Lipinski definition) is 0. The van der Waals surface area contributed by atoms with Crippen molar-refractivity contribution in [2.45, 2.75) is 97.8 Å². The first-order chi connectivity index (χ1) is 22.2. The molecule has 1 aliphatic heterocycles. The lowest BCUT2D eigenvalue weighted by Gasteiger charge is -2.26. The minimum atomic E-state index is -0.106. The van der Waals surface area contributed by atoms with Gasteiger partial charge in [-0.3, -0.25) is 4.98 Å². The normalized spacial score (nSPS) is 14.3. The predicted octanol–water partition coefficient (Wildman–Crippen LogP) is 10.7. The number of nitrogens with zero attached hydrogens (tertiary/aromatic N) is 2. The summed E-state index contributed by atoms with van der Waals surface area (Å²) in [6.45, 7) is 16.1. The highest BCUT2D eigenvalue weighted by molar-refractivity contribution is 6.16. The van der Waals surface area contributed by atoms with Crippen molar-refractivity contribution >= 4 is 7.85 Å². The van der Waals surface area contributed by atoms with Gasteiger partial charge >= 0.3 is 0 Å². The Morgan fingerprint density at radius 2 is 1.48 bits per heavy atom. The second-order valence-corrected chi connectivity index (χ2v) is 13.5. The Morgan fingerprint density at radius 1 is 0.783 bits per heavy atom. The minimum Gasteiger partial charge on any atom is -0.256 e. The van der Waals surface area contributed by atoms with Gasteiger partial charge in [0.2, 0.25) is 5.69 Å². The molecule has 2 nitrogen and oxygen atoms in total. The summed E-state index contributed by atoms with van der Waals surface area (Å²) < 4.78 is 2.33. The number of pyridine rings is 2. The third-order valence-electron chi connectivity index (χ3n) is 9.93. The molecule has 7 rings (SSSR count). The van der Waals surface area contributed by atoms with E-state index in [9.17, 15) is 0 Å². The average Bonchev–Trinajstić information content (AvgIpc) is 3.70. The van der Waals surface area contributed by atoms with Gasteiger partial charge in [-0.25, -0.2) is 0 Å². The van der Waals surface area contributed by atoms with Crippen molar-refractivity contribution in [2.24, 2.45) is 0 Å². The summed E-state index contributed by atoms with van der Waals surface area (Å²) in [5, 5.41) is -0.106. The molecule has 3 aromatic carbocycles. The molecule has 1 saturated carbocycles. The Bertz CT molecular complexity index is 1760. The molecule has 2 aliphatic rings. The molecule has 1 aliphatic carbocycles. The first-order valence-corrected chi connectivity index (χ1v) is 17.2. The SMILES string of the molecule is CC.CCC(C)(C)c1cc(C)ccc1-c1ccc(C)cn1.[B]C1(c2ccc(-c3cc[n+]4c(c3)-c3ccccc3C4)cc2)CCCC1. The molecule has 5 aromatic rings. The third kappa shape index (κ3) is 7.04. The molecule has 2 radical (unpaired) electrons. The van der Waals surface area contributed by atoms with E-state index >= 15 is 0 Å². The number of benzene rings is 3. The van der Waals surface area contributed by atoms with Crippen LogP contribution in [0, 0.1) is 13.8 Å². The zero-order valence-corrected chi connectivity index (χ0v) is 29.0. The lowest BCUT2D eigenvalue weighted by Crippen LogP contribution is -2.31. The van der Waals surface area contributed by atoms with Crippen LogP contribution in [0.1, 0.15) is 94.5 Å². The van der Waals surface area contributed by atoms with Crippen LogP contribution in [-0.4, -0.2) is 12.8 Å². The molecule has 0 N–H and O–H groups in total.